The number of ether oxygens (including phenoxy) is 1. The van der Waals surface area contributed by atoms with E-state index in [1.54, 1.807) is 24.3 Å². The molecule has 3 rings (SSSR count). The van der Waals surface area contributed by atoms with Crippen LogP contribution in [0.5, 0.6) is 0 Å². The van der Waals surface area contributed by atoms with Crippen molar-refractivity contribution in [2.45, 2.75) is 37.6 Å². The van der Waals surface area contributed by atoms with Crippen molar-refractivity contribution in [3.05, 3.63) is 24.3 Å². The van der Waals surface area contributed by atoms with Crippen molar-refractivity contribution in [1.82, 2.24) is 0 Å². The second-order valence-corrected chi connectivity index (χ2v) is 5.58. The van der Waals surface area contributed by atoms with Crippen molar-refractivity contribution < 1.29 is 34.2 Å². The average molecular weight is 323 g/mol. The minimum absolute atomic E-state index is 0.197. The number of carbonyl (C=O) groups is 1. The smallest absolute Gasteiger partial charge is 0.396 e. The van der Waals surface area contributed by atoms with Crippen LogP contribution in [0.4, 0.5) is 5.69 Å². The highest BCUT2D eigenvalue weighted by atomic mass is 16.8. The van der Waals surface area contributed by atoms with Crippen LogP contribution in [0.25, 0.3) is 0 Å². The summed E-state index contributed by atoms with van der Waals surface area (Å²) in [6, 6.07) is 6.90. The summed E-state index contributed by atoms with van der Waals surface area (Å²) in [4.78, 5) is 11.1. The monoisotopic (exact) mass is 323 g/mol. The SMILES string of the molecule is CC(=O)Nc1cccc(B2O[C@H]3O[C@H](CO)[C@@H](O)[C@H](O)[C@H]3O2)c1. The van der Waals surface area contributed by atoms with Crippen LogP contribution in [0.3, 0.4) is 0 Å². The van der Waals surface area contributed by atoms with E-state index in [1.807, 2.05) is 0 Å². The first-order valence-corrected chi connectivity index (χ1v) is 7.30. The Labute approximate surface area is 133 Å². The Balaban J connectivity index is 1.76. The van der Waals surface area contributed by atoms with Gasteiger partial charge in [-0.2, -0.15) is 0 Å². The van der Waals surface area contributed by atoms with Crippen LogP contribution in [0.2, 0.25) is 0 Å². The van der Waals surface area contributed by atoms with Gasteiger partial charge >= 0.3 is 7.12 Å². The maximum Gasteiger partial charge on any atom is 0.496 e. The maximum absolute atomic E-state index is 11.1. The molecule has 23 heavy (non-hydrogen) atoms. The third-order valence-corrected chi connectivity index (χ3v) is 3.84. The molecule has 9 heteroatoms. The first-order valence-electron chi connectivity index (χ1n) is 7.30. The van der Waals surface area contributed by atoms with Crippen molar-refractivity contribution in [1.29, 1.82) is 0 Å². The average Bonchev–Trinajstić information content (AvgIpc) is 2.95. The zero-order chi connectivity index (χ0) is 16.6. The number of amides is 1. The third-order valence-electron chi connectivity index (χ3n) is 3.84. The maximum atomic E-state index is 11.1. The van der Waals surface area contributed by atoms with Crippen molar-refractivity contribution in [3.63, 3.8) is 0 Å². The molecule has 0 unspecified atom stereocenters. The molecule has 5 atom stereocenters. The zero-order valence-corrected chi connectivity index (χ0v) is 12.5. The predicted molar refractivity (Wildman–Crippen MR) is 79.9 cm³/mol. The number of aliphatic hydroxyl groups is 3. The summed E-state index contributed by atoms with van der Waals surface area (Å²) in [5.74, 6) is -0.197. The molecule has 2 heterocycles. The topological polar surface area (TPSA) is 117 Å². The van der Waals surface area contributed by atoms with E-state index in [-0.39, 0.29) is 5.91 Å². The molecule has 4 N–H and O–H groups in total. The van der Waals surface area contributed by atoms with Crippen LogP contribution in [0.15, 0.2) is 24.3 Å². The summed E-state index contributed by atoms with van der Waals surface area (Å²) in [7, 11) is -0.807. The van der Waals surface area contributed by atoms with Gasteiger partial charge in [-0.3, -0.25) is 4.79 Å². The molecule has 0 aliphatic carbocycles. The number of aliphatic hydroxyl groups excluding tert-OH is 3. The van der Waals surface area contributed by atoms with Gasteiger partial charge in [-0.15, -0.1) is 0 Å². The summed E-state index contributed by atoms with van der Waals surface area (Å²) in [5.41, 5.74) is 1.23. The molecular formula is C14H18BNO7. The van der Waals surface area contributed by atoms with Crippen LogP contribution in [0.1, 0.15) is 6.92 Å². The molecule has 1 amide bonds. The van der Waals surface area contributed by atoms with Crippen LogP contribution < -0.4 is 10.8 Å². The number of rotatable bonds is 3. The quantitative estimate of drug-likeness (QED) is 0.485. The molecule has 8 nitrogen and oxygen atoms in total. The summed E-state index contributed by atoms with van der Waals surface area (Å²) in [6.07, 6.45) is -5.16. The van der Waals surface area contributed by atoms with Gasteiger partial charge in [0.1, 0.15) is 24.4 Å². The van der Waals surface area contributed by atoms with Gasteiger partial charge in [0.05, 0.1) is 6.61 Å². The minimum atomic E-state index is -1.26. The summed E-state index contributed by atoms with van der Waals surface area (Å²) >= 11 is 0. The first-order chi connectivity index (χ1) is 11.0. The molecule has 0 aromatic heterocycles. The van der Waals surface area contributed by atoms with Gasteiger partial charge in [0.2, 0.25) is 5.91 Å². The molecule has 2 aliphatic heterocycles. The lowest BCUT2D eigenvalue weighted by atomic mass is 9.79. The number of fused-ring (bicyclic) bond motifs is 1. The second-order valence-electron chi connectivity index (χ2n) is 5.58. The molecule has 2 aliphatic rings. The summed E-state index contributed by atoms with van der Waals surface area (Å²) < 4.78 is 16.7. The highest BCUT2D eigenvalue weighted by Gasteiger charge is 2.52. The van der Waals surface area contributed by atoms with Crippen LogP contribution in [0, 0.1) is 0 Å². The predicted octanol–water partition coefficient (Wildman–Crippen LogP) is -1.81. The Hall–Kier alpha value is -1.49. The van der Waals surface area contributed by atoms with Crippen LogP contribution in [-0.4, -0.2) is 65.7 Å². The zero-order valence-electron chi connectivity index (χ0n) is 12.5. The Morgan fingerprint density at radius 1 is 1.30 bits per heavy atom. The van der Waals surface area contributed by atoms with Gasteiger partial charge in [-0.25, -0.2) is 0 Å². The lowest BCUT2D eigenvalue weighted by molar-refractivity contribution is -0.249. The number of hydrogen-bond donors (Lipinski definition) is 4. The number of anilines is 1. The molecule has 124 valence electrons. The Morgan fingerprint density at radius 2 is 2.09 bits per heavy atom. The van der Waals surface area contributed by atoms with Crippen LogP contribution >= 0.6 is 0 Å². The fourth-order valence-electron chi connectivity index (χ4n) is 2.73. The molecular weight excluding hydrogens is 305 g/mol. The number of carbonyl (C=O) groups excluding carboxylic acids is 1. The summed E-state index contributed by atoms with van der Waals surface area (Å²) in [5, 5.41) is 31.8. The third kappa shape index (κ3) is 3.25. The van der Waals surface area contributed by atoms with Crippen LogP contribution in [-0.2, 0) is 18.8 Å². The number of benzene rings is 1. The van der Waals surface area contributed by atoms with Crippen molar-refractivity contribution in [2.75, 3.05) is 11.9 Å². The van der Waals surface area contributed by atoms with E-state index < -0.39 is 44.4 Å². The Bertz CT molecular complexity index is 586. The normalized spacial score (nSPS) is 33.4. The van der Waals surface area contributed by atoms with Crippen molar-refractivity contribution in [3.8, 4) is 0 Å². The largest absolute Gasteiger partial charge is 0.496 e. The van der Waals surface area contributed by atoms with Gasteiger partial charge in [0.15, 0.2) is 6.29 Å². The highest BCUT2D eigenvalue weighted by Crippen LogP contribution is 2.30. The fraction of sp³-hybridized carbons (Fsp3) is 0.500. The van der Waals surface area contributed by atoms with E-state index in [4.69, 9.17) is 19.2 Å². The van der Waals surface area contributed by atoms with E-state index in [1.165, 1.54) is 6.92 Å². The molecule has 1 aromatic rings. The standard InChI is InChI=1S/C14H18BNO7/c1-7(18)16-9-4-2-3-8(5-9)15-22-13-12(20)11(19)10(6-17)21-14(13)23-15/h2-5,10-14,17,19-20H,6H2,1H3,(H,16,18)/t10-,11-,12+,13-,14-/m1/s1. The van der Waals surface area contributed by atoms with E-state index in [9.17, 15) is 15.0 Å². The highest BCUT2D eigenvalue weighted by molar-refractivity contribution is 6.62. The number of nitrogens with one attached hydrogen (secondary N) is 1. The minimum Gasteiger partial charge on any atom is -0.396 e. The van der Waals surface area contributed by atoms with E-state index >= 15 is 0 Å². The van der Waals surface area contributed by atoms with Crippen molar-refractivity contribution in [2.24, 2.45) is 0 Å². The number of hydrogen-bond acceptors (Lipinski definition) is 7. The molecule has 0 spiro atoms. The Kier molecular flexibility index (Phi) is 4.67. The molecule has 0 bridgehead atoms. The second kappa shape index (κ2) is 6.56. The van der Waals surface area contributed by atoms with E-state index in [0.29, 0.717) is 11.2 Å². The molecule has 2 fully saturated rings. The molecule has 1 aromatic carbocycles. The van der Waals surface area contributed by atoms with E-state index in [0.717, 1.165) is 0 Å². The van der Waals surface area contributed by atoms with Gasteiger partial charge < -0.3 is 34.7 Å². The van der Waals surface area contributed by atoms with Gasteiger partial charge in [0, 0.05) is 12.6 Å². The molecule has 0 radical (unpaired) electrons. The molecule has 0 saturated carbocycles. The Morgan fingerprint density at radius 3 is 2.78 bits per heavy atom. The van der Waals surface area contributed by atoms with Gasteiger partial charge in [-0.05, 0) is 17.6 Å². The fourth-order valence-corrected chi connectivity index (χ4v) is 2.73. The lowest BCUT2D eigenvalue weighted by Crippen LogP contribution is -2.57. The molecule has 2 saturated heterocycles. The van der Waals surface area contributed by atoms with Gasteiger partial charge in [0.25, 0.3) is 0 Å². The van der Waals surface area contributed by atoms with E-state index in [2.05, 4.69) is 5.32 Å². The van der Waals surface area contributed by atoms with Crippen molar-refractivity contribution >= 4 is 24.2 Å². The van der Waals surface area contributed by atoms with Gasteiger partial charge in [-0.1, -0.05) is 12.1 Å². The summed E-state index contributed by atoms with van der Waals surface area (Å²) in [6.45, 7) is 0.970. The first kappa shape index (κ1) is 16.4. The lowest BCUT2D eigenvalue weighted by Gasteiger charge is -2.37.